The molecule has 11 nitrogen and oxygen atoms in total. The summed E-state index contributed by atoms with van der Waals surface area (Å²) in [5.74, 6) is 0.598. The van der Waals surface area contributed by atoms with Crippen molar-refractivity contribution in [1.29, 1.82) is 0 Å². The summed E-state index contributed by atoms with van der Waals surface area (Å²) in [7, 11) is -3.22. The van der Waals surface area contributed by atoms with Gasteiger partial charge in [-0.1, -0.05) is 17.7 Å². The molecule has 2 N–H and O–H groups in total. The van der Waals surface area contributed by atoms with Crippen LogP contribution < -0.4 is 10.6 Å². The summed E-state index contributed by atoms with van der Waals surface area (Å²) >= 11 is 0. The Kier molecular flexibility index (Phi) is 8.79. The summed E-state index contributed by atoms with van der Waals surface area (Å²) in [6.07, 6.45) is -0.811. The molecule has 1 amide bonds. The summed E-state index contributed by atoms with van der Waals surface area (Å²) in [6.45, 7) is 0.874. The summed E-state index contributed by atoms with van der Waals surface area (Å²) in [5.41, 5.74) is 0.902. The van der Waals surface area contributed by atoms with E-state index in [1.807, 2.05) is 6.92 Å². The number of nitrogens with zero attached hydrogens (tertiary/aromatic N) is 2. The first-order valence-electron chi connectivity index (χ1n) is 10.6. The summed E-state index contributed by atoms with van der Waals surface area (Å²) < 4.78 is 71.8. The monoisotopic (exact) mass is 529 g/mol. The van der Waals surface area contributed by atoms with Crippen molar-refractivity contribution in [3.05, 3.63) is 53.6 Å². The van der Waals surface area contributed by atoms with Crippen molar-refractivity contribution in [1.82, 2.24) is 9.21 Å². The highest BCUT2D eigenvalue weighted by Gasteiger charge is 2.43. The zero-order valence-electron chi connectivity index (χ0n) is 19.5. The van der Waals surface area contributed by atoms with Crippen molar-refractivity contribution in [2.45, 2.75) is 17.9 Å². The molecule has 0 spiro atoms. The molecule has 196 valence electrons. The minimum atomic E-state index is -4.63. The lowest BCUT2D eigenvalue weighted by molar-refractivity contribution is -0.150. The number of carbonyl (C=O) groups excluding carboxylic acids is 2. The van der Waals surface area contributed by atoms with Gasteiger partial charge in [0.25, 0.3) is 0 Å². The van der Waals surface area contributed by atoms with E-state index in [1.165, 1.54) is 19.2 Å². The van der Waals surface area contributed by atoms with E-state index >= 15 is 0 Å². The molecule has 1 saturated heterocycles. The van der Waals surface area contributed by atoms with Gasteiger partial charge in [0, 0.05) is 20.2 Å². The van der Waals surface area contributed by atoms with Crippen LogP contribution in [0.15, 0.2) is 41.3 Å². The van der Waals surface area contributed by atoms with Crippen molar-refractivity contribution in [3.63, 3.8) is 0 Å². The smallest absolute Gasteiger partial charge is 0.409 e. The molecule has 1 aliphatic heterocycles. The van der Waals surface area contributed by atoms with Crippen LogP contribution in [-0.4, -0.2) is 75.7 Å². The van der Waals surface area contributed by atoms with E-state index in [-0.39, 0.29) is 25.5 Å². The Bertz CT molecular complexity index is 1190. The lowest BCUT2D eigenvalue weighted by Gasteiger charge is -2.38. The van der Waals surface area contributed by atoms with Gasteiger partial charge in [-0.3, -0.25) is 0 Å². The molecule has 2 aromatic carbocycles. The SMILES string of the molecule is COCCOC(=O)N1CCN(S(=O)(=O)c2cc(F)c(Oc3ccc(C)cc3)c(F)c2)[C@@H](C(=O)ON)C1. The standard InChI is InChI=1S/C22H25F2N3O8S/c1-14-3-5-15(6-4-14)34-20-17(23)11-16(12-18(20)24)36(30,31)27-8-7-26(13-19(27)21(28)35-25)22(29)33-10-9-32-2/h3-6,11-12,19H,7-10,13,25H2,1-2H3/t19-/m1/s1. The van der Waals surface area contributed by atoms with E-state index in [0.29, 0.717) is 16.4 Å². The summed E-state index contributed by atoms with van der Waals surface area (Å²) in [6, 6.07) is 5.93. The van der Waals surface area contributed by atoms with Gasteiger partial charge in [0.15, 0.2) is 17.4 Å². The van der Waals surface area contributed by atoms with Crippen LogP contribution in [0.2, 0.25) is 0 Å². The van der Waals surface area contributed by atoms with E-state index < -0.39 is 63.5 Å². The van der Waals surface area contributed by atoms with Crippen molar-refractivity contribution >= 4 is 22.1 Å². The first-order valence-corrected chi connectivity index (χ1v) is 12.1. The lowest BCUT2D eigenvalue weighted by Crippen LogP contribution is -2.60. The van der Waals surface area contributed by atoms with Crippen LogP contribution in [0.3, 0.4) is 0 Å². The third-order valence-corrected chi connectivity index (χ3v) is 7.20. The minimum absolute atomic E-state index is 0.0601. The highest BCUT2D eigenvalue weighted by molar-refractivity contribution is 7.89. The molecule has 0 saturated carbocycles. The maximum absolute atomic E-state index is 14.8. The maximum Gasteiger partial charge on any atom is 0.409 e. The third-order valence-electron chi connectivity index (χ3n) is 5.31. The Morgan fingerprint density at radius 1 is 1.08 bits per heavy atom. The first-order chi connectivity index (χ1) is 17.1. The number of aryl methyl sites for hydroxylation is 1. The lowest BCUT2D eigenvalue weighted by atomic mass is 10.2. The fraction of sp³-hybridized carbons (Fsp3) is 0.364. The van der Waals surface area contributed by atoms with E-state index in [2.05, 4.69) is 4.84 Å². The number of sulfonamides is 1. The number of ether oxygens (including phenoxy) is 3. The van der Waals surface area contributed by atoms with Gasteiger partial charge in [0.2, 0.25) is 10.0 Å². The number of nitrogens with two attached hydrogens (primary N) is 1. The van der Waals surface area contributed by atoms with Crippen LogP contribution in [-0.2, 0) is 29.1 Å². The van der Waals surface area contributed by atoms with Crippen molar-refractivity contribution in [2.75, 3.05) is 40.0 Å². The fourth-order valence-electron chi connectivity index (χ4n) is 3.44. The molecule has 3 rings (SSSR count). The number of hydrogen-bond acceptors (Lipinski definition) is 9. The second-order valence-corrected chi connectivity index (χ2v) is 9.64. The summed E-state index contributed by atoms with van der Waals surface area (Å²) in [4.78, 5) is 29.0. The number of hydrogen-bond donors (Lipinski definition) is 1. The van der Waals surface area contributed by atoms with Gasteiger partial charge in [0.1, 0.15) is 18.4 Å². The van der Waals surface area contributed by atoms with E-state index in [4.69, 9.17) is 20.1 Å². The third kappa shape index (κ3) is 6.07. The van der Waals surface area contributed by atoms with E-state index in [0.717, 1.165) is 10.5 Å². The summed E-state index contributed by atoms with van der Waals surface area (Å²) in [5, 5.41) is 0. The van der Waals surface area contributed by atoms with Crippen LogP contribution in [0.4, 0.5) is 13.6 Å². The number of rotatable bonds is 8. The number of benzene rings is 2. The quantitative estimate of drug-likeness (QED) is 0.402. The largest absolute Gasteiger partial charge is 0.451 e. The molecule has 1 aliphatic rings. The van der Waals surface area contributed by atoms with Crippen molar-refractivity contribution in [2.24, 2.45) is 5.90 Å². The highest BCUT2D eigenvalue weighted by Crippen LogP contribution is 2.32. The number of piperazine rings is 1. The van der Waals surface area contributed by atoms with Gasteiger partial charge < -0.3 is 23.9 Å². The van der Waals surface area contributed by atoms with Gasteiger partial charge >= 0.3 is 12.1 Å². The second kappa shape index (κ2) is 11.6. The number of amides is 1. The zero-order chi connectivity index (χ0) is 26.5. The van der Waals surface area contributed by atoms with E-state index in [9.17, 15) is 26.8 Å². The van der Waals surface area contributed by atoms with Crippen LogP contribution in [0.25, 0.3) is 0 Å². The van der Waals surface area contributed by atoms with Crippen molar-refractivity contribution in [3.8, 4) is 11.5 Å². The maximum atomic E-state index is 14.8. The highest BCUT2D eigenvalue weighted by atomic mass is 32.2. The molecule has 0 radical (unpaired) electrons. The minimum Gasteiger partial charge on any atom is -0.451 e. The van der Waals surface area contributed by atoms with Crippen LogP contribution in [0, 0.1) is 18.6 Å². The van der Waals surface area contributed by atoms with Crippen LogP contribution >= 0.6 is 0 Å². The molecule has 1 heterocycles. The molecular formula is C22H25F2N3O8S. The van der Waals surface area contributed by atoms with Gasteiger partial charge in [0.05, 0.1) is 18.0 Å². The van der Waals surface area contributed by atoms with Gasteiger partial charge in [-0.05, 0) is 31.2 Å². The number of halogens is 2. The van der Waals surface area contributed by atoms with Crippen LogP contribution in [0.1, 0.15) is 5.56 Å². The second-order valence-electron chi connectivity index (χ2n) is 7.75. The van der Waals surface area contributed by atoms with Gasteiger partial charge in [-0.25, -0.2) is 26.8 Å². The predicted octanol–water partition coefficient (Wildman–Crippen LogP) is 1.94. The Hall–Kier alpha value is -3.33. The predicted molar refractivity (Wildman–Crippen MR) is 120 cm³/mol. The number of methoxy groups -OCH3 is 1. The first kappa shape index (κ1) is 27.3. The molecule has 14 heteroatoms. The molecule has 0 unspecified atom stereocenters. The zero-order valence-corrected chi connectivity index (χ0v) is 20.3. The molecule has 1 atom stereocenters. The Balaban J connectivity index is 1.85. The molecule has 0 aliphatic carbocycles. The Labute approximate surface area is 206 Å². The number of carbonyl (C=O) groups is 2. The molecule has 2 aromatic rings. The Morgan fingerprint density at radius 2 is 1.72 bits per heavy atom. The molecule has 0 bridgehead atoms. The molecule has 36 heavy (non-hydrogen) atoms. The van der Waals surface area contributed by atoms with Gasteiger partial charge in [-0.2, -0.15) is 10.2 Å². The topological polar surface area (TPSA) is 138 Å². The molecule has 1 fully saturated rings. The van der Waals surface area contributed by atoms with Crippen molar-refractivity contribution < 1.29 is 45.8 Å². The average molecular weight is 530 g/mol. The van der Waals surface area contributed by atoms with E-state index in [1.54, 1.807) is 12.1 Å². The normalized spacial score (nSPS) is 16.5. The molecular weight excluding hydrogens is 504 g/mol. The Morgan fingerprint density at radius 3 is 2.31 bits per heavy atom. The average Bonchev–Trinajstić information content (AvgIpc) is 2.86. The van der Waals surface area contributed by atoms with Gasteiger partial charge in [-0.15, -0.1) is 0 Å². The molecule has 0 aromatic heterocycles. The fourth-order valence-corrected chi connectivity index (χ4v) is 5.02. The van der Waals surface area contributed by atoms with Crippen LogP contribution in [0.5, 0.6) is 11.5 Å².